The second-order valence-electron chi connectivity index (χ2n) is 3.83. The van der Waals surface area contributed by atoms with Crippen LogP contribution in [0.1, 0.15) is 32.6 Å². The summed E-state index contributed by atoms with van der Waals surface area (Å²) in [5, 5.41) is -0.0831. The summed E-state index contributed by atoms with van der Waals surface area (Å²) in [5.74, 6) is 0.841. The lowest BCUT2D eigenvalue weighted by molar-refractivity contribution is 0.364. The van der Waals surface area contributed by atoms with Gasteiger partial charge in [-0.2, -0.15) is 0 Å². The molecule has 13 heavy (non-hydrogen) atoms. The molecule has 0 bridgehead atoms. The van der Waals surface area contributed by atoms with Crippen LogP contribution in [-0.4, -0.2) is 26.0 Å². The molecule has 2 N–H and O–H groups in total. The van der Waals surface area contributed by atoms with Crippen LogP contribution in [0.15, 0.2) is 0 Å². The maximum atomic E-state index is 11.5. The third-order valence-electron chi connectivity index (χ3n) is 3.04. The molecule has 1 aliphatic rings. The van der Waals surface area contributed by atoms with Gasteiger partial charge in [0, 0.05) is 5.75 Å². The van der Waals surface area contributed by atoms with Gasteiger partial charge >= 0.3 is 0 Å². The molecule has 0 heterocycles. The summed E-state index contributed by atoms with van der Waals surface area (Å²) in [6.45, 7) is 2.43. The molecule has 78 valence electrons. The zero-order valence-corrected chi connectivity index (χ0v) is 9.02. The van der Waals surface area contributed by atoms with Crippen molar-refractivity contribution in [2.75, 3.05) is 12.3 Å². The fourth-order valence-corrected chi connectivity index (χ4v) is 3.42. The van der Waals surface area contributed by atoms with Crippen LogP contribution in [0, 0.1) is 5.92 Å². The van der Waals surface area contributed by atoms with Gasteiger partial charge < -0.3 is 5.73 Å². The van der Waals surface area contributed by atoms with Crippen molar-refractivity contribution in [1.82, 2.24) is 0 Å². The maximum Gasteiger partial charge on any atom is 0.152 e. The lowest BCUT2D eigenvalue weighted by Crippen LogP contribution is -2.30. The maximum absolute atomic E-state index is 11.5. The van der Waals surface area contributed by atoms with Crippen molar-refractivity contribution in [2.24, 2.45) is 11.7 Å². The average molecular weight is 205 g/mol. The van der Waals surface area contributed by atoms with Gasteiger partial charge in [-0.15, -0.1) is 0 Å². The van der Waals surface area contributed by atoms with Crippen molar-refractivity contribution >= 4 is 9.84 Å². The predicted molar refractivity (Wildman–Crippen MR) is 54.3 cm³/mol. The lowest BCUT2D eigenvalue weighted by Gasteiger charge is -2.26. The van der Waals surface area contributed by atoms with E-state index < -0.39 is 9.84 Å². The molecule has 0 spiro atoms. The van der Waals surface area contributed by atoms with Crippen molar-refractivity contribution in [1.29, 1.82) is 0 Å². The fraction of sp³-hybridized carbons (Fsp3) is 1.00. The summed E-state index contributed by atoms with van der Waals surface area (Å²) < 4.78 is 23.0. The van der Waals surface area contributed by atoms with E-state index in [4.69, 9.17) is 5.73 Å². The Morgan fingerprint density at radius 1 is 1.23 bits per heavy atom. The molecule has 0 aliphatic heterocycles. The van der Waals surface area contributed by atoms with E-state index in [1.54, 1.807) is 6.92 Å². The van der Waals surface area contributed by atoms with Crippen LogP contribution in [0.3, 0.4) is 0 Å². The number of rotatable bonds is 3. The summed E-state index contributed by atoms with van der Waals surface area (Å²) in [5.41, 5.74) is 5.54. The van der Waals surface area contributed by atoms with E-state index in [1.807, 2.05) is 0 Å². The van der Waals surface area contributed by atoms with Gasteiger partial charge in [0.15, 0.2) is 9.84 Å². The van der Waals surface area contributed by atoms with Gasteiger partial charge in [-0.1, -0.05) is 6.92 Å². The monoisotopic (exact) mass is 205 g/mol. The van der Waals surface area contributed by atoms with Crippen molar-refractivity contribution in [2.45, 2.75) is 37.9 Å². The van der Waals surface area contributed by atoms with Crippen LogP contribution in [0.2, 0.25) is 0 Å². The number of hydrogen-bond acceptors (Lipinski definition) is 3. The van der Waals surface area contributed by atoms with E-state index >= 15 is 0 Å². The Balaban J connectivity index is 2.50. The third kappa shape index (κ3) is 2.68. The molecular weight excluding hydrogens is 186 g/mol. The third-order valence-corrected chi connectivity index (χ3v) is 5.33. The Bertz CT molecular complexity index is 240. The molecule has 1 rings (SSSR count). The molecular formula is C9H19NO2S. The Morgan fingerprint density at radius 3 is 2.15 bits per heavy atom. The Morgan fingerprint density at radius 2 is 1.77 bits per heavy atom. The molecule has 0 aromatic heterocycles. The average Bonchev–Trinajstić information content (AvgIpc) is 2.18. The fourth-order valence-electron chi connectivity index (χ4n) is 1.96. The highest BCUT2D eigenvalue weighted by Crippen LogP contribution is 2.27. The quantitative estimate of drug-likeness (QED) is 0.746. The Kier molecular flexibility index (Phi) is 3.74. The van der Waals surface area contributed by atoms with Crippen LogP contribution in [0.25, 0.3) is 0 Å². The van der Waals surface area contributed by atoms with E-state index in [9.17, 15) is 8.42 Å². The SMILES string of the molecule is CCS(=O)(=O)C1CCC(CN)CC1. The van der Waals surface area contributed by atoms with E-state index in [1.165, 1.54) is 0 Å². The van der Waals surface area contributed by atoms with Gasteiger partial charge in [0.25, 0.3) is 0 Å². The highest BCUT2D eigenvalue weighted by molar-refractivity contribution is 7.92. The van der Waals surface area contributed by atoms with Crippen LogP contribution in [0.4, 0.5) is 0 Å². The van der Waals surface area contributed by atoms with E-state index in [0.29, 0.717) is 12.5 Å². The van der Waals surface area contributed by atoms with Crippen molar-refractivity contribution in [3.63, 3.8) is 0 Å². The van der Waals surface area contributed by atoms with Gasteiger partial charge in [0.1, 0.15) is 0 Å². The second kappa shape index (κ2) is 4.42. The molecule has 1 fully saturated rings. The smallest absolute Gasteiger partial charge is 0.152 e. The first-order valence-electron chi connectivity index (χ1n) is 5.01. The van der Waals surface area contributed by atoms with Gasteiger partial charge in [-0.05, 0) is 38.1 Å². The highest BCUT2D eigenvalue weighted by Gasteiger charge is 2.28. The number of sulfone groups is 1. The Labute approximate surface area is 80.6 Å². The van der Waals surface area contributed by atoms with Crippen LogP contribution in [-0.2, 0) is 9.84 Å². The molecule has 0 amide bonds. The summed E-state index contributed by atoms with van der Waals surface area (Å²) in [6, 6.07) is 0. The Hall–Kier alpha value is -0.0900. The highest BCUT2D eigenvalue weighted by atomic mass is 32.2. The van der Waals surface area contributed by atoms with E-state index in [2.05, 4.69) is 0 Å². The minimum absolute atomic E-state index is 0.0831. The molecule has 1 aliphatic carbocycles. The van der Waals surface area contributed by atoms with Gasteiger partial charge in [0.2, 0.25) is 0 Å². The molecule has 0 aromatic rings. The molecule has 1 saturated carbocycles. The summed E-state index contributed by atoms with van der Waals surface area (Å²) in [7, 11) is -2.79. The number of nitrogens with two attached hydrogens (primary N) is 1. The molecule has 0 saturated heterocycles. The summed E-state index contributed by atoms with van der Waals surface area (Å²) >= 11 is 0. The largest absolute Gasteiger partial charge is 0.330 e. The number of hydrogen-bond donors (Lipinski definition) is 1. The van der Waals surface area contributed by atoms with Crippen molar-refractivity contribution in [3.05, 3.63) is 0 Å². The van der Waals surface area contributed by atoms with Crippen LogP contribution in [0.5, 0.6) is 0 Å². The van der Waals surface area contributed by atoms with Gasteiger partial charge in [-0.25, -0.2) is 8.42 Å². The zero-order chi connectivity index (χ0) is 9.90. The first-order chi connectivity index (χ1) is 6.10. The van der Waals surface area contributed by atoms with E-state index in [0.717, 1.165) is 25.7 Å². The summed E-state index contributed by atoms with van der Waals surface area (Å²) in [6.07, 6.45) is 3.61. The minimum Gasteiger partial charge on any atom is -0.330 e. The van der Waals surface area contributed by atoms with Crippen LogP contribution < -0.4 is 5.73 Å². The second-order valence-corrected chi connectivity index (χ2v) is 6.40. The van der Waals surface area contributed by atoms with E-state index in [-0.39, 0.29) is 11.0 Å². The first kappa shape index (κ1) is 11.0. The molecule has 0 atom stereocenters. The molecule has 0 aromatic carbocycles. The van der Waals surface area contributed by atoms with Gasteiger partial charge in [0.05, 0.1) is 5.25 Å². The van der Waals surface area contributed by atoms with Crippen LogP contribution >= 0.6 is 0 Å². The van der Waals surface area contributed by atoms with Gasteiger partial charge in [-0.3, -0.25) is 0 Å². The molecule has 0 radical (unpaired) electrons. The molecule has 4 heteroatoms. The predicted octanol–water partition coefficient (Wildman–Crippen LogP) is 0.939. The summed E-state index contributed by atoms with van der Waals surface area (Å²) in [4.78, 5) is 0. The standard InChI is InChI=1S/C9H19NO2S/c1-2-13(11,12)9-5-3-8(7-10)4-6-9/h8-9H,2-7,10H2,1H3. The topological polar surface area (TPSA) is 60.2 Å². The van der Waals surface area contributed by atoms with Crippen molar-refractivity contribution in [3.8, 4) is 0 Å². The normalized spacial score (nSPS) is 30.3. The first-order valence-corrected chi connectivity index (χ1v) is 6.73. The molecule has 3 nitrogen and oxygen atoms in total. The lowest BCUT2D eigenvalue weighted by atomic mass is 9.89. The van der Waals surface area contributed by atoms with Crippen molar-refractivity contribution < 1.29 is 8.42 Å². The minimum atomic E-state index is -2.79. The zero-order valence-electron chi connectivity index (χ0n) is 8.20. The molecule has 0 unspecified atom stereocenters.